The van der Waals surface area contributed by atoms with Crippen LogP contribution in [-0.4, -0.2) is 82.2 Å². The largest absolute Gasteiger partial charge is 0.474 e. The molecule has 1 N–H and O–H groups in total. The SMILES string of the molecule is CCS(=O)(=O)N1CCN(c2ccc(N3CC(CNC(=S)OC)OC3=O)cc2F)CC1. The number of carbonyl (C=O) groups is 1. The quantitative estimate of drug-likeness (QED) is 0.632. The van der Waals surface area contributed by atoms with Gasteiger partial charge >= 0.3 is 6.09 Å². The van der Waals surface area contributed by atoms with E-state index in [1.165, 1.54) is 22.4 Å². The van der Waals surface area contributed by atoms with Gasteiger partial charge in [-0.3, -0.25) is 4.90 Å². The standard InChI is InChI=1S/C18H25FN4O5S2/c1-3-30(25,26)22-8-6-21(7-9-22)16-5-4-13(10-15(16)19)23-12-14(28-18(23)24)11-20-17(29)27-2/h4-5,10,14H,3,6-9,11-12H2,1-2H3,(H,20,29). The molecule has 0 radical (unpaired) electrons. The third-order valence-corrected chi connectivity index (χ3v) is 7.31. The fraction of sp³-hybridized carbons (Fsp3) is 0.556. The lowest BCUT2D eigenvalue weighted by Crippen LogP contribution is -2.49. The molecular formula is C18H25FN4O5S2. The van der Waals surface area contributed by atoms with Crippen LogP contribution >= 0.6 is 12.2 Å². The Labute approximate surface area is 180 Å². The molecule has 2 heterocycles. The number of benzene rings is 1. The van der Waals surface area contributed by atoms with Crippen LogP contribution in [-0.2, 0) is 19.5 Å². The number of nitrogens with zero attached hydrogens (tertiary/aromatic N) is 3. The smallest absolute Gasteiger partial charge is 0.414 e. The molecule has 1 amide bonds. The number of rotatable bonds is 6. The number of piperazine rings is 1. The van der Waals surface area contributed by atoms with Crippen molar-refractivity contribution in [2.24, 2.45) is 0 Å². The molecular weight excluding hydrogens is 435 g/mol. The Kier molecular flexibility index (Phi) is 6.98. The minimum absolute atomic E-state index is 0.0514. The number of sulfonamides is 1. The first kappa shape index (κ1) is 22.5. The number of cyclic esters (lactones) is 1. The zero-order chi connectivity index (χ0) is 21.9. The lowest BCUT2D eigenvalue weighted by Gasteiger charge is -2.35. The van der Waals surface area contributed by atoms with Crippen molar-refractivity contribution >= 4 is 44.9 Å². The number of carbonyl (C=O) groups excluding carboxylic acids is 1. The van der Waals surface area contributed by atoms with Gasteiger partial charge in [-0.1, -0.05) is 0 Å². The Balaban J connectivity index is 1.63. The Morgan fingerprint density at radius 2 is 2.03 bits per heavy atom. The topological polar surface area (TPSA) is 91.4 Å². The number of methoxy groups -OCH3 is 1. The second-order valence-electron chi connectivity index (χ2n) is 6.91. The molecule has 1 atom stereocenters. The highest BCUT2D eigenvalue weighted by atomic mass is 32.2. The second-order valence-corrected chi connectivity index (χ2v) is 9.54. The summed E-state index contributed by atoms with van der Waals surface area (Å²) in [6.45, 7) is 3.57. The molecule has 2 fully saturated rings. The molecule has 3 rings (SSSR count). The van der Waals surface area contributed by atoms with Gasteiger partial charge in [0.25, 0.3) is 5.17 Å². The van der Waals surface area contributed by atoms with Crippen molar-refractivity contribution in [2.45, 2.75) is 13.0 Å². The van der Waals surface area contributed by atoms with Gasteiger partial charge in [-0.2, -0.15) is 4.31 Å². The highest BCUT2D eigenvalue weighted by Crippen LogP contribution is 2.28. The van der Waals surface area contributed by atoms with Crippen molar-refractivity contribution in [1.29, 1.82) is 0 Å². The van der Waals surface area contributed by atoms with Gasteiger partial charge in [0.1, 0.15) is 11.9 Å². The van der Waals surface area contributed by atoms with E-state index in [2.05, 4.69) is 5.32 Å². The van der Waals surface area contributed by atoms with E-state index in [4.69, 9.17) is 21.7 Å². The van der Waals surface area contributed by atoms with E-state index in [0.29, 0.717) is 44.1 Å². The first-order valence-electron chi connectivity index (χ1n) is 9.57. The normalized spacial score (nSPS) is 20.2. The monoisotopic (exact) mass is 460 g/mol. The molecule has 2 saturated heterocycles. The minimum Gasteiger partial charge on any atom is -0.474 e. The average Bonchev–Trinajstić information content (AvgIpc) is 3.12. The maximum absolute atomic E-state index is 14.8. The number of hydrogen-bond acceptors (Lipinski definition) is 7. The summed E-state index contributed by atoms with van der Waals surface area (Å²) in [6, 6.07) is 4.55. The summed E-state index contributed by atoms with van der Waals surface area (Å²) in [5.74, 6) is -0.426. The summed E-state index contributed by atoms with van der Waals surface area (Å²) in [6.07, 6.45) is -1.00. The van der Waals surface area contributed by atoms with Crippen LogP contribution in [0.25, 0.3) is 0 Å². The van der Waals surface area contributed by atoms with Crippen LogP contribution < -0.4 is 15.1 Å². The maximum Gasteiger partial charge on any atom is 0.414 e. The van der Waals surface area contributed by atoms with Crippen LogP contribution in [0.1, 0.15) is 6.92 Å². The molecule has 0 aliphatic carbocycles. The summed E-state index contributed by atoms with van der Waals surface area (Å²) >= 11 is 4.89. The minimum atomic E-state index is -3.24. The Morgan fingerprint density at radius 1 is 1.33 bits per heavy atom. The first-order chi connectivity index (χ1) is 14.2. The second kappa shape index (κ2) is 9.31. The number of nitrogens with one attached hydrogen (secondary N) is 1. The van der Waals surface area contributed by atoms with Crippen molar-refractivity contribution in [3.8, 4) is 0 Å². The third-order valence-electron chi connectivity index (χ3n) is 5.11. The maximum atomic E-state index is 14.8. The van der Waals surface area contributed by atoms with Gasteiger partial charge in [0, 0.05) is 26.2 Å². The Hall–Kier alpha value is -2.18. The number of hydrogen-bond donors (Lipinski definition) is 1. The van der Waals surface area contributed by atoms with E-state index in [9.17, 15) is 17.6 Å². The van der Waals surface area contributed by atoms with Crippen LogP contribution in [0.4, 0.5) is 20.6 Å². The fourth-order valence-corrected chi connectivity index (χ4v) is 4.59. The zero-order valence-corrected chi connectivity index (χ0v) is 18.5. The van der Waals surface area contributed by atoms with Crippen molar-refractivity contribution in [3.63, 3.8) is 0 Å². The summed E-state index contributed by atoms with van der Waals surface area (Å²) in [5.41, 5.74) is 0.772. The van der Waals surface area contributed by atoms with Crippen molar-refractivity contribution < 1.29 is 27.1 Å². The van der Waals surface area contributed by atoms with E-state index in [0.717, 1.165) is 0 Å². The molecule has 30 heavy (non-hydrogen) atoms. The molecule has 0 bridgehead atoms. The number of anilines is 2. The molecule has 2 aliphatic heterocycles. The molecule has 1 aromatic carbocycles. The molecule has 0 aromatic heterocycles. The van der Waals surface area contributed by atoms with Gasteiger partial charge in [-0.05, 0) is 37.3 Å². The third kappa shape index (κ3) is 4.93. The predicted octanol–water partition coefficient (Wildman–Crippen LogP) is 1.14. The predicted molar refractivity (Wildman–Crippen MR) is 115 cm³/mol. The zero-order valence-electron chi connectivity index (χ0n) is 16.8. The van der Waals surface area contributed by atoms with Gasteiger partial charge in [0.05, 0.1) is 37.3 Å². The molecule has 0 saturated carbocycles. The molecule has 166 valence electrons. The number of ether oxygens (including phenoxy) is 2. The van der Waals surface area contributed by atoms with Crippen molar-refractivity contribution in [2.75, 3.05) is 61.9 Å². The van der Waals surface area contributed by atoms with Gasteiger partial charge < -0.3 is 19.7 Å². The van der Waals surface area contributed by atoms with Gasteiger partial charge in [0.2, 0.25) is 10.0 Å². The van der Waals surface area contributed by atoms with E-state index < -0.39 is 28.0 Å². The van der Waals surface area contributed by atoms with Crippen LogP contribution in [0, 0.1) is 5.82 Å². The first-order valence-corrected chi connectivity index (χ1v) is 11.6. The number of thiocarbonyl (C=S) groups is 1. The van der Waals surface area contributed by atoms with Gasteiger partial charge in [-0.25, -0.2) is 17.6 Å². The molecule has 1 unspecified atom stereocenters. The van der Waals surface area contributed by atoms with Crippen LogP contribution in [0.2, 0.25) is 0 Å². The molecule has 12 heteroatoms. The van der Waals surface area contributed by atoms with E-state index in [1.807, 2.05) is 4.90 Å². The summed E-state index contributed by atoms with van der Waals surface area (Å²) in [7, 11) is -1.80. The highest BCUT2D eigenvalue weighted by Gasteiger charge is 2.33. The van der Waals surface area contributed by atoms with Crippen LogP contribution in [0.3, 0.4) is 0 Å². The van der Waals surface area contributed by atoms with Gasteiger partial charge in [0.15, 0.2) is 0 Å². The number of halogens is 1. The molecule has 0 spiro atoms. The van der Waals surface area contributed by atoms with Gasteiger partial charge in [-0.15, -0.1) is 0 Å². The van der Waals surface area contributed by atoms with Crippen molar-refractivity contribution in [1.82, 2.24) is 9.62 Å². The van der Waals surface area contributed by atoms with Crippen LogP contribution in [0.15, 0.2) is 18.2 Å². The summed E-state index contributed by atoms with van der Waals surface area (Å²) in [5, 5.41) is 3.03. The lowest BCUT2D eigenvalue weighted by atomic mass is 10.2. The molecule has 1 aromatic rings. The highest BCUT2D eigenvalue weighted by molar-refractivity contribution is 7.89. The van der Waals surface area contributed by atoms with Crippen LogP contribution in [0.5, 0.6) is 0 Å². The Morgan fingerprint density at radius 3 is 2.63 bits per heavy atom. The lowest BCUT2D eigenvalue weighted by molar-refractivity contribution is 0.142. The van der Waals surface area contributed by atoms with Crippen molar-refractivity contribution in [3.05, 3.63) is 24.0 Å². The van der Waals surface area contributed by atoms with E-state index >= 15 is 0 Å². The molecule has 2 aliphatic rings. The van der Waals surface area contributed by atoms with E-state index in [1.54, 1.807) is 19.1 Å². The number of amides is 1. The fourth-order valence-electron chi connectivity index (χ4n) is 3.42. The summed E-state index contributed by atoms with van der Waals surface area (Å²) in [4.78, 5) is 15.3. The Bertz CT molecular complexity index is 906. The van der Waals surface area contributed by atoms with E-state index in [-0.39, 0.29) is 17.5 Å². The molecule has 9 nitrogen and oxygen atoms in total. The summed E-state index contributed by atoms with van der Waals surface area (Å²) < 4.78 is 50.3. The average molecular weight is 461 g/mol.